The Labute approximate surface area is 113 Å². The first-order chi connectivity index (χ1) is 9.31. The number of nitrogens with one attached hydrogen (secondary N) is 1. The second-order valence-electron chi connectivity index (χ2n) is 5.44. The summed E-state index contributed by atoms with van der Waals surface area (Å²) in [5, 5.41) is 2.92. The van der Waals surface area contributed by atoms with Crippen LogP contribution in [0, 0.1) is 0 Å². The molecular formula is C15H20N2O2. The molecule has 1 heterocycles. The van der Waals surface area contributed by atoms with Crippen molar-refractivity contribution in [1.29, 1.82) is 0 Å². The van der Waals surface area contributed by atoms with Gasteiger partial charge in [0.1, 0.15) is 6.61 Å². The van der Waals surface area contributed by atoms with Crippen LogP contribution in [0.3, 0.4) is 0 Å². The molecule has 1 aliphatic heterocycles. The lowest BCUT2D eigenvalue weighted by Crippen LogP contribution is -2.63. The molecule has 1 aliphatic carbocycles. The van der Waals surface area contributed by atoms with Crippen LogP contribution in [-0.2, 0) is 11.3 Å². The first kappa shape index (κ1) is 12.5. The molecule has 4 nitrogen and oxygen atoms in total. The van der Waals surface area contributed by atoms with Gasteiger partial charge in [-0.1, -0.05) is 36.8 Å². The van der Waals surface area contributed by atoms with Crippen LogP contribution in [0.15, 0.2) is 30.3 Å². The van der Waals surface area contributed by atoms with E-state index in [2.05, 4.69) is 10.2 Å². The molecule has 1 aromatic rings. The quantitative estimate of drug-likeness (QED) is 0.902. The van der Waals surface area contributed by atoms with E-state index in [0.29, 0.717) is 6.61 Å². The Morgan fingerprint density at radius 3 is 2.63 bits per heavy atom. The minimum Gasteiger partial charge on any atom is -0.445 e. The molecule has 1 saturated carbocycles. The van der Waals surface area contributed by atoms with Crippen molar-refractivity contribution in [2.75, 3.05) is 13.1 Å². The number of benzene rings is 1. The van der Waals surface area contributed by atoms with Gasteiger partial charge in [0.2, 0.25) is 0 Å². The highest BCUT2D eigenvalue weighted by molar-refractivity contribution is 5.67. The first-order valence-corrected chi connectivity index (χ1v) is 7.02. The Morgan fingerprint density at radius 2 is 2.00 bits per heavy atom. The predicted molar refractivity (Wildman–Crippen MR) is 72.8 cm³/mol. The molecule has 1 amide bonds. The number of amides is 1. The molecule has 2 fully saturated rings. The largest absolute Gasteiger partial charge is 0.445 e. The zero-order valence-electron chi connectivity index (χ0n) is 11.0. The number of carbonyl (C=O) groups excluding carboxylic acids is 1. The van der Waals surface area contributed by atoms with Crippen molar-refractivity contribution < 1.29 is 9.53 Å². The normalized spacial score (nSPS) is 20.4. The molecular weight excluding hydrogens is 240 g/mol. The highest BCUT2D eigenvalue weighted by Crippen LogP contribution is 2.28. The van der Waals surface area contributed by atoms with Gasteiger partial charge >= 0.3 is 6.09 Å². The van der Waals surface area contributed by atoms with E-state index in [1.165, 1.54) is 19.3 Å². The number of hydrogen-bond donors (Lipinski definition) is 1. The molecule has 0 radical (unpaired) electrons. The fraction of sp³-hybridized carbons (Fsp3) is 0.533. The molecule has 4 heteroatoms. The van der Waals surface area contributed by atoms with Gasteiger partial charge in [0.15, 0.2) is 0 Å². The van der Waals surface area contributed by atoms with Crippen molar-refractivity contribution in [1.82, 2.24) is 10.2 Å². The third-order valence-electron chi connectivity index (χ3n) is 4.04. The van der Waals surface area contributed by atoms with E-state index in [0.717, 1.165) is 24.7 Å². The average Bonchev–Trinajstić information content (AvgIpc) is 2.33. The molecule has 0 aromatic heterocycles. The molecule has 1 N–H and O–H groups in total. The fourth-order valence-electron chi connectivity index (χ4n) is 2.59. The summed E-state index contributed by atoms with van der Waals surface area (Å²) >= 11 is 0. The van der Waals surface area contributed by atoms with Gasteiger partial charge in [-0.05, 0) is 18.4 Å². The summed E-state index contributed by atoms with van der Waals surface area (Å²) < 4.78 is 5.20. The number of carbonyl (C=O) groups is 1. The lowest BCUT2D eigenvalue weighted by atomic mass is 9.88. The number of rotatable bonds is 4. The van der Waals surface area contributed by atoms with E-state index in [-0.39, 0.29) is 12.1 Å². The summed E-state index contributed by atoms with van der Waals surface area (Å²) in [6.07, 6.45) is 3.71. The maximum absolute atomic E-state index is 11.6. The van der Waals surface area contributed by atoms with Gasteiger partial charge in [0, 0.05) is 19.1 Å². The van der Waals surface area contributed by atoms with Crippen molar-refractivity contribution in [2.45, 2.75) is 38.0 Å². The van der Waals surface area contributed by atoms with Crippen molar-refractivity contribution in [3.05, 3.63) is 35.9 Å². The minimum absolute atomic E-state index is 0.267. The van der Waals surface area contributed by atoms with Crippen LogP contribution in [0.1, 0.15) is 24.8 Å². The number of alkyl carbamates (subject to hydrolysis) is 1. The molecule has 2 aliphatic rings. The fourth-order valence-corrected chi connectivity index (χ4v) is 2.59. The number of ether oxygens (including phenoxy) is 1. The molecule has 0 unspecified atom stereocenters. The second kappa shape index (κ2) is 5.61. The van der Waals surface area contributed by atoms with Gasteiger partial charge in [0.25, 0.3) is 0 Å². The first-order valence-electron chi connectivity index (χ1n) is 7.02. The van der Waals surface area contributed by atoms with E-state index in [4.69, 9.17) is 4.74 Å². The van der Waals surface area contributed by atoms with E-state index in [9.17, 15) is 4.79 Å². The number of likely N-dealkylation sites (tertiary alicyclic amines) is 1. The monoisotopic (exact) mass is 260 g/mol. The lowest BCUT2D eigenvalue weighted by molar-refractivity contribution is 0.0334. The van der Waals surface area contributed by atoms with Crippen LogP contribution in [0.2, 0.25) is 0 Å². The Kier molecular flexibility index (Phi) is 3.69. The van der Waals surface area contributed by atoms with Crippen LogP contribution >= 0.6 is 0 Å². The second-order valence-corrected chi connectivity index (χ2v) is 5.44. The van der Waals surface area contributed by atoms with Crippen LogP contribution in [0.4, 0.5) is 4.79 Å². The standard InChI is InChI=1S/C15H20N2O2/c18-15(19-11-12-5-2-1-3-6-12)16-13-9-17(10-13)14-7-4-8-14/h1-3,5-6,13-14H,4,7-11H2,(H,16,18). The SMILES string of the molecule is O=C(NC1CN(C2CCC2)C1)OCc1ccccc1. The molecule has 19 heavy (non-hydrogen) atoms. The summed E-state index contributed by atoms with van der Waals surface area (Å²) in [6, 6.07) is 10.8. The van der Waals surface area contributed by atoms with Crippen LogP contribution in [-0.4, -0.2) is 36.2 Å². The summed E-state index contributed by atoms with van der Waals surface area (Å²) in [7, 11) is 0. The van der Waals surface area contributed by atoms with Crippen LogP contribution in [0.5, 0.6) is 0 Å². The van der Waals surface area contributed by atoms with Gasteiger partial charge in [-0.2, -0.15) is 0 Å². The minimum atomic E-state index is -0.304. The summed E-state index contributed by atoms with van der Waals surface area (Å²) in [5.41, 5.74) is 1.02. The third-order valence-corrected chi connectivity index (χ3v) is 4.04. The van der Waals surface area contributed by atoms with Crippen molar-refractivity contribution >= 4 is 6.09 Å². The molecule has 1 aromatic carbocycles. The van der Waals surface area contributed by atoms with E-state index >= 15 is 0 Å². The van der Waals surface area contributed by atoms with Gasteiger partial charge in [-0.3, -0.25) is 4.90 Å². The molecule has 0 bridgehead atoms. The Morgan fingerprint density at radius 1 is 1.26 bits per heavy atom. The smallest absolute Gasteiger partial charge is 0.407 e. The van der Waals surface area contributed by atoms with E-state index in [1.807, 2.05) is 30.3 Å². The molecule has 0 atom stereocenters. The van der Waals surface area contributed by atoms with Crippen molar-refractivity contribution in [2.24, 2.45) is 0 Å². The topological polar surface area (TPSA) is 41.6 Å². The number of nitrogens with zero attached hydrogens (tertiary/aromatic N) is 1. The Balaban J connectivity index is 1.34. The van der Waals surface area contributed by atoms with Gasteiger partial charge in [0.05, 0.1) is 6.04 Å². The van der Waals surface area contributed by atoms with Gasteiger partial charge < -0.3 is 10.1 Å². The zero-order valence-corrected chi connectivity index (χ0v) is 11.0. The highest BCUT2D eigenvalue weighted by atomic mass is 16.5. The molecule has 1 saturated heterocycles. The maximum atomic E-state index is 11.6. The van der Waals surface area contributed by atoms with E-state index in [1.54, 1.807) is 0 Å². The van der Waals surface area contributed by atoms with Crippen molar-refractivity contribution in [3.63, 3.8) is 0 Å². The summed E-state index contributed by atoms with van der Waals surface area (Å²) in [5.74, 6) is 0. The average molecular weight is 260 g/mol. The number of hydrogen-bond acceptors (Lipinski definition) is 3. The molecule has 0 spiro atoms. The maximum Gasteiger partial charge on any atom is 0.407 e. The molecule has 102 valence electrons. The van der Waals surface area contributed by atoms with Crippen LogP contribution in [0.25, 0.3) is 0 Å². The summed E-state index contributed by atoms with van der Waals surface area (Å²) in [6.45, 7) is 2.29. The zero-order chi connectivity index (χ0) is 13.1. The Hall–Kier alpha value is -1.55. The highest BCUT2D eigenvalue weighted by Gasteiger charge is 2.35. The van der Waals surface area contributed by atoms with Gasteiger partial charge in [-0.15, -0.1) is 0 Å². The van der Waals surface area contributed by atoms with Crippen molar-refractivity contribution in [3.8, 4) is 0 Å². The van der Waals surface area contributed by atoms with Crippen LogP contribution < -0.4 is 5.32 Å². The summed E-state index contributed by atoms with van der Waals surface area (Å²) in [4.78, 5) is 14.1. The van der Waals surface area contributed by atoms with Gasteiger partial charge in [-0.25, -0.2) is 4.79 Å². The van der Waals surface area contributed by atoms with E-state index < -0.39 is 0 Å². The third kappa shape index (κ3) is 3.07. The lowest BCUT2D eigenvalue weighted by Gasteiger charge is -2.47. The molecule has 3 rings (SSSR count). The predicted octanol–water partition coefficient (Wildman–Crippen LogP) is 2.15. The Bertz CT molecular complexity index is 425.